The van der Waals surface area contributed by atoms with Crippen LogP contribution in [0.2, 0.25) is 0 Å². The van der Waals surface area contributed by atoms with Gasteiger partial charge in [-0.15, -0.1) is 11.3 Å². The second kappa shape index (κ2) is 6.34. The highest BCUT2D eigenvalue weighted by molar-refractivity contribution is 7.09. The molecule has 0 bridgehead atoms. The lowest BCUT2D eigenvalue weighted by Crippen LogP contribution is -2.44. The maximum atomic E-state index is 6.35. The van der Waals surface area contributed by atoms with Gasteiger partial charge in [0.05, 0.1) is 18.4 Å². The number of fused-ring (bicyclic) bond motifs is 1. The van der Waals surface area contributed by atoms with Crippen LogP contribution in [0.1, 0.15) is 22.7 Å². The maximum absolute atomic E-state index is 6.35. The second-order valence-corrected chi connectivity index (χ2v) is 8.56. The van der Waals surface area contributed by atoms with Gasteiger partial charge in [-0.3, -0.25) is 4.90 Å². The largest absolute Gasteiger partial charge is 0.364 e. The standard InChI is InChI=1S/C21H23N3OS/c1-16-4-6-17(7-5-16)19-11-22-20-13-25-21(15-24(19)20)8-9-23(14-21)12-18-3-2-10-26-18/h2-7,10-11H,8-9,12-15H2,1H3/t21-/m0/s1. The monoisotopic (exact) mass is 365 g/mol. The SMILES string of the molecule is Cc1ccc(-c2cnc3n2C[C@@]2(CCN(Cc4cccs4)C2)OC3)cc1. The molecule has 4 heterocycles. The Kier molecular flexibility index (Phi) is 3.96. The summed E-state index contributed by atoms with van der Waals surface area (Å²) in [7, 11) is 0. The molecule has 2 aliphatic heterocycles. The van der Waals surface area contributed by atoms with E-state index in [0.717, 1.165) is 38.4 Å². The average molecular weight is 366 g/mol. The molecule has 1 atom stereocenters. The van der Waals surface area contributed by atoms with Crippen molar-refractivity contribution in [3.63, 3.8) is 0 Å². The van der Waals surface area contributed by atoms with E-state index in [4.69, 9.17) is 4.74 Å². The highest BCUT2D eigenvalue weighted by atomic mass is 32.1. The highest BCUT2D eigenvalue weighted by Gasteiger charge is 2.43. The van der Waals surface area contributed by atoms with Crippen molar-refractivity contribution in [3.8, 4) is 11.3 Å². The van der Waals surface area contributed by atoms with Gasteiger partial charge in [-0.1, -0.05) is 35.9 Å². The summed E-state index contributed by atoms with van der Waals surface area (Å²) >= 11 is 1.84. The Bertz CT molecular complexity index is 900. The Balaban J connectivity index is 1.38. The van der Waals surface area contributed by atoms with Gasteiger partial charge in [0.1, 0.15) is 18.0 Å². The third kappa shape index (κ3) is 2.90. The van der Waals surface area contributed by atoms with Crippen LogP contribution in [-0.2, 0) is 24.4 Å². The van der Waals surface area contributed by atoms with Crippen molar-refractivity contribution in [3.05, 3.63) is 64.2 Å². The number of imidazole rings is 1. The van der Waals surface area contributed by atoms with Crippen molar-refractivity contribution in [2.75, 3.05) is 13.1 Å². The average Bonchev–Trinajstić information content (AvgIpc) is 3.37. The van der Waals surface area contributed by atoms with Gasteiger partial charge in [-0.2, -0.15) is 0 Å². The van der Waals surface area contributed by atoms with E-state index in [-0.39, 0.29) is 5.60 Å². The van der Waals surface area contributed by atoms with E-state index in [1.165, 1.54) is 21.7 Å². The topological polar surface area (TPSA) is 30.3 Å². The van der Waals surface area contributed by atoms with Crippen LogP contribution in [0.15, 0.2) is 48.0 Å². The number of nitrogens with zero attached hydrogens (tertiary/aromatic N) is 3. The molecule has 3 aromatic rings. The molecule has 1 aromatic carbocycles. The van der Waals surface area contributed by atoms with E-state index < -0.39 is 0 Å². The molecule has 0 amide bonds. The summed E-state index contributed by atoms with van der Waals surface area (Å²) in [5.74, 6) is 1.04. The molecule has 134 valence electrons. The number of aromatic nitrogens is 2. The molecule has 1 saturated heterocycles. The minimum absolute atomic E-state index is 0.0790. The summed E-state index contributed by atoms with van der Waals surface area (Å²) in [6.45, 7) is 6.76. The minimum atomic E-state index is -0.0790. The molecule has 1 spiro atoms. The summed E-state index contributed by atoms with van der Waals surface area (Å²) in [4.78, 5) is 8.57. The fourth-order valence-electron chi connectivity index (χ4n) is 4.14. The van der Waals surface area contributed by atoms with Crippen LogP contribution in [0.3, 0.4) is 0 Å². The molecule has 5 heteroatoms. The van der Waals surface area contributed by atoms with Gasteiger partial charge in [0.15, 0.2) is 0 Å². The Hall–Kier alpha value is -1.95. The molecular weight excluding hydrogens is 342 g/mol. The Morgan fingerprint density at radius 3 is 2.88 bits per heavy atom. The Morgan fingerprint density at radius 2 is 2.08 bits per heavy atom. The number of likely N-dealkylation sites (tertiary alicyclic amines) is 1. The summed E-state index contributed by atoms with van der Waals surface area (Å²) in [6.07, 6.45) is 3.09. The van der Waals surface area contributed by atoms with Gasteiger partial charge >= 0.3 is 0 Å². The van der Waals surface area contributed by atoms with Crippen LogP contribution >= 0.6 is 11.3 Å². The lowest BCUT2D eigenvalue weighted by atomic mass is 10.0. The molecule has 1 fully saturated rings. The summed E-state index contributed by atoms with van der Waals surface area (Å²) in [5, 5.41) is 2.16. The molecule has 0 radical (unpaired) electrons. The van der Waals surface area contributed by atoms with Crippen molar-refractivity contribution < 1.29 is 4.74 Å². The van der Waals surface area contributed by atoms with Gasteiger partial charge in [0, 0.05) is 24.5 Å². The number of rotatable bonds is 3. The highest BCUT2D eigenvalue weighted by Crippen LogP contribution is 2.35. The third-order valence-corrected chi connectivity index (χ3v) is 6.46. The summed E-state index contributed by atoms with van der Waals surface area (Å²) in [5.41, 5.74) is 3.65. The van der Waals surface area contributed by atoms with E-state index >= 15 is 0 Å². The predicted molar refractivity (Wildman–Crippen MR) is 104 cm³/mol. The van der Waals surface area contributed by atoms with E-state index in [2.05, 4.69) is 63.2 Å². The normalized spacial score (nSPS) is 22.8. The van der Waals surface area contributed by atoms with E-state index in [1.54, 1.807) is 0 Å². The molecular formula is C21H23N3OS. The molecule has 0 N–H and O–H groups in total. The van der Waals surface area contributed by atoms with Gasteiger partial charge in [-0.05, 0) is 30.4 Å². The molecule has 26 heavy (non-hydrogen) atoms. The number of benzene rings is 1. The van der Waals surface area contributed by atoms with Gasteiger partial charge < -0.3 is 9.30 Å². The van der Waals surface area contributed by atoms with Crippen LogP contribution in [0.25, 0.3) is 11.3 Å². The van der Waals surface area contributed by atoms with Crippen LogP contribution in [0, 0.1) is 6.92 Å². The third-order valence-electron chi connectivity index (χ3n) is 5.59. The zero-order valence-electron chi connectivity index (χ0n) is 15.0. The molecule has 2 aromatic heterocycles. The lowest BCUT2D eigenvalue weighted by Gasteiger charge is -2.35. The van der Waals surface area contributed by atoms with Crippen molar-refractivity contribution in [1.82, 2.24) is 14.5 Å². The fourth-order valence-corrected chi connectivity index (χ4v) is 4.89. The Labute approximate surface area is 158 Å². The zero-order chi connectivity index (χ0) is 17.6. The number of hydrogen-bond acceptors (Lipinski definition) is 4. The van der Waals surface area contributed by atoms with Crippen molar-refractivity contribution in [2.45, 2.75) is 38.6 Å². The van der Waals surface area contributed by atoms with Crippen molar-refractivity contribution in [2.24, 2.45) is 0 Å². The Morgan fingerprint density at radius 1 is 1.19 bits per heavy atom. The molecule has 2 aliphatic rings. The van der Waals surface area contributed by atoms with Crippen molar-refractivity contribution in [1.29, 1.82) is 0 Å². The maximum Gasteiger partial charge on any atom is 0.135 e. The molecule has 4 nitrogen and oxygen atoms in total. The first-order chi connectivity index (χ1) is 12.7. The number of aryl methyl sites for hydroxylation is 1. The number of thiophene rings is 1. The van der Waals surface area contributed by atoms with Crippen LogP contribution in [0.5, 0.6) is 0 Å². The van der Waals surface area contributed by atoms with Gasteiger partial charge in [0.2, 0.25) is 0 Å². The van der Waals surface area contributed by atoms with E-state index in [0.29, 0.717) is 6.61 Å². The van der Waals surface area contributed by atoms with Crippen LogP contribution in [-0.4, -0.2) is 33.1 Å². The first-order valence-electron chi connectivity index (χ1n) is 9.21. The van der Waals surface area contributed by atoms with Crippen LogP contribution < -0.4 is 0 Å². The first-order valence-corrected chi connectivity index (χ1v) is 10.1. The zero-order valence-corrected chi connectivity index (χ0v) is 15.8. The molecule has 0 saturated carbocycles. The molecule has 0 unspecified atom stereocenters. The number of hydrogen-bond donors (Lipinski definition) is 0. The second-order valence-electron chi connectivity index (χ2n) is 7.52. The first kappa shape index (κ1) is 16.2. The molecule has 0 aliphatic carbocycles. The lowest BCUT2D eigenvalue weighted by molar-refractivity contribution is -0.0821. The van der Waals surface area contributed by atoms with Crippen molar-refractivity contribution >= 4 is 11.3 Å². The van der Waals surface area contributed by atoms with Gasteiger partial charge in [0.25, 0.3) is 0 Å². The smallest absolute Gasteiger partial charge is 0.135 e. The summed E-state index contributed by atoms with van der Waals surface area (Å²) in [6, 6.07) is 13.1. The number of ether oxygens (including phenoxy) is 1. The quantitative estimate of drug-likeness (QED) is 0.700. The van der Waals surface area contributed by atoms with E-state index in [1.807, 2.05) is 17.5 Å². The molecule has 5 rings (SSSR count). The van der Waals surface area contributed by atoms with E-state index in [9.17, 15) is 0 Å². The minimum Gasteiger partial charge on any atom is -0.364 e. The van der Waals surface area contributed by atoms with Gasteiger partial charge in [-0.25, -0.2) is 4.98 Å². The predicted octanol–water partition coefficient (Wildman–Crippen LogP) is 4.09. The summed E-state index contributed by atoms with van der Waals surface area (Å²) < 4.78 is 8.73. The van der Waals surface area contributed by atoms with Crippen LogP contribution in [0.4, 0.5) is 0 Å². The fraction of sp³-hybridized carbons (Fsp3) is 0.381.